The summed E-state index contributed by atoms with van der Waals surface area (Å²) in [6.07, 6.45) is 6.22. The highest BCUT2D eigenvalue weighted by atomic mass is 15.1. The van der Waals surface area contributed by atoms with Crippen molar-refractivity contribution in [3.05, 3.63) is 53.5 Å². The van der Waals surface area contributed by atoms with E-state index in [0.717, 1.165) is 18.7 Å². The molecule has 2 aromatic rings. The van der Waals surface area contributed by atoms with Crippen LogP contribution in [0.1, 0.15) is 35.7 Å². The molecular formula is C16H20N4. The highest BCUT2D eigenvalue weighted by Crippen LogP contribution is 2.27. The van der Waals surface area contributed by atoms with E-state index in [1.54, 1.807) is 6.33 Å². The zero-order chi connectivity index (χ0) is 13.8. The number of nitrogens with one attached hydrogen (secondary N) is 1. The molecule has 4 heteroatoms. The standard InChI is InChI=1S/C16H20N4/c17-10-15(12-6-2-1-3-7-12)20-16-13-8-4-5-9-14(13)18-11-19-16/h1-3,6-7,11,15H,4-5,8-10,17H2,(H,18,19,20). The van der Waals surface area contributed by atoms with Crippen LogP contribution in [-0.2, 0) is 12.8 Å². The number of aryl methyl sites for hydroxylation is 1. The van der Waals surface area contributed by atoms with E-state index in [2.05, 4.69) is 27.4 Å². The first-order chi connectivity index (χ1) is 9.88. The maximum absolute atomic E-state index is 5.92. The van der Waals surface area contributed by atoms with Crippen molar-refractivity contribution in [3.63, 3.8) is 0 Å². The summed E-state index contributed by atoms with van der Waals surface area (Å²) in [7, 11) is 0. The monoisotopic (exact) mass is 268 g/mol. The van der Waals surface area contributed by atoms with Crippen LogP contribution < -0.4 is 11.1 Å². The Kier molecular flexibility index (Phi) is 3.92. The summed E-state index contributed by atoms with van der Waals surface area (Å²) in [5.74, 6) is 0.953. The van der Waals surface area contributed by atoms with Crippen LogP contribution in [0, 0.1) is 0 Å². The van der Waals surface area contributed by atoms with Gasteiger partial charge in [0.25, 0.3) is 0 Å². The van der Waals surface area contributed by atoms with Gasteiger partial charge in [-0.2, -0.15) is 0 Å². The normalized spacial score (nSPS) is 15.4. The van der Waals surface area contributed by atoms with Crippen LogP contribution in [0.4, 0.5) is 5.82 Å². The van der Waals surface area contributed by atoms with Gasteiger partial charge >= 0.3 is 0 Å². The van der Waals surface area contributed by atoms with Gasteiger partial charge < -0.3 is 11.1 Å². The van der Waals surface area contributed by atoms with Gasteiger partial charge in [0.1, 0.15) is 12.1 Å². The summed E-state index contributed by atoms with van der Waals surface area (Å²) in [4.78, 5) is 8.83. The largest absolute Gasteiger partial charge is 0.362 e. The van der Waals surface area contributed by atoms with E-state index in [1.807, 2.05) is 18.2 Å². The van der Waals surface area contributed by atoms with E-state index >= 15 is 0 Å². The number of hydrogen-bond acceptors (Lipinski definition) is 4. The molecule has 1 atom stereocenters. The molecule has 1 heterocycles. The Hall–Kier alpha value is -1.94. The molecule has 0 aliphatic heterocycles. The Morgan fingerprint density at radius 1 is 1.10 bits per heavy atom. The number of nitrogens with two attached hydrogens (primary N) is 1. The molecule has 0 spiro atoms. The summed E-state index contributed by atoms with van der Waals surface area (Å²) in [5, 5.41) is 3.50. The number of benzene rings is 1. The van der Waals surface area contributed by atoms with Crippen LogP contribution >= 0.6 is 0 Å². The maximum atomic E-state index is 5.92. The number of nitrogens with zero attached hydrogens (tertiary/aromatic N) is 2. The van der Waals surface area contributed by atoms with Gasteiger partial charge in [-0.25, -0.2) is 9.97 Å². The lowest BCUT2D eigenvalue weighted by Gasteiger charge is -2.22. The molecule has 3 rings (SSSR count). The van der Waals surface area contributed by atoms with Gasteiger partial charge in [-0.05, 0) is 31.2 Å². The first kappa shape index (κ1) is 13.1. The molecule has 0 saturated carbocycles. The van der Waals surface area contributed by atoms with Crippen LogP contribution in [0.3, 0.4) is 0 Å². The Bertz CT molecular complexity index is 568. The molecule has 0 fully saturated rings. The molecule has 1 aliphatic carbocycles. The second-order valence-corrected chi connectivity index (χ2v) is 5.20. The fourth-order valence-corrected chi connectivity index (χ4v) is 2.77. The molecular weight excluding hydrogens is 248 g/mol. The minimum absolute atomic E-state index is 0.0946. The Morgan fingerprint density at radius 2 is 1.90 bits per heavy atom. The topological polar surface area (TPSA) is 63.8 Å². The van der Waals surface area contributed by atoms with Gasteiger partial charge in [0.05, 0.1) is 6.04 Å². The quantitative estimate of drug-likeness (QED) is 0.894. The van der Waals surface area contributed by atoms with Crippen molar-refractivity contribution >= 4 is 5.82 Å². The zero-order valence-electron chi connectivity index (χ0n) is 11.5. The first-order valence-corrected chi connectivity index (χ1v) is 7.23. The lowest BCUT2D eigenvalue weighted by atomic mass is 9.96. The predicted molar refractivity (Wildman–Crippen MR) is 80.5 cm³/mol. The number of rotatable bonds is 4. The van der Waals surface area contributed by atoms with Crippen molar-refractivity contribution in [1.82, 2.24) is 9.97 Å². The van der Waals surface area contributed by atoms with Crippen molar-refractivity contribution in [2.45, 2.75) is 31.7 Å². The van der Waals surface area contributed by atoms with E-state index in [1.165, 1.54) is 29.7 Å². The molecule has 20 heavy (non-hydrogen) atoms. The van der Waals surface area contributed by atoms with E-state index in [0.29, 0.717) is 6.54 Å². The van der Waals surface area contributed by atoms with Crippen molar-refractivity contribution in [1.29, 1.82) is 0 Å². The third-order valence-corrected chi connectivity index (χ3v) is 3.87. The van der Waals surface area contributed by atoms with Crippen molar-refractivity contribution in [2.24, 2.45) is 5.73 Å². The zero-order valence-corrected chi connectivity index (χ0v) is 11.5. The average molecular weight is 268 g/mol. The van der Waals surface area contributed by atoms with Crippen LogP contribution in [-0.4, -0.2) is 16.5 Å². The third-order valence-electron chi connectivity index (χ3n) is 3.87. The molecule has 1 aromatic heterocycles. The van der Waals surface area contributed by atoms with Gasteiger partial charge in [0, 0.05) is 17.8 Å². The van der Waals surface area contributed by atoms with Gasteiger partial charge in [-0.1, -0.05) is 30.3 Å². The van der Waals surface area contributed by atoms with E-state index in [-0.39, 0.29) is 6.04 Å². The van der Waals surface area contributed by atoms with Crippen LogP contribution in [0.2, 0.25) is 0 Å². The summed E-state index contributed by atoms with van der Waals surface area (Å²) in [6, 6.07) is 10.4. The molecule has 104 valence electrons. The molecule has 0 saturated heterocycles. The summed E-state index contributed by atoms with van der Waals surface area (Å²) in [5.41, 5.74) is 9.58. The lowest BCUT2D eigenvalue weighted by Crippen LogP contribution is -2.23. The molecule has 3 N–H and O–H groups in total. The highest BCUT2D eigenvalue weighted by Gasteiger charge is 2.18. The van der Waals surface area contributed by atoms with Crippen molar-refractivity contribution in [3.8, 4) is 0 Å². The minimum Gasteiger partial charge on any atom is -0.362 e. The Balaban J connectivity index is 1.87. The minimum atomic E-state index is 0.0946. The first-order valence-electron chi connectivity index (χ1n) is 7.23. The van der Waals surface area contributed by atoms with Crippen LogP contribution in [0.15, 0.2) is 36.7 Å². The highest BCUT2D eigenvalue weighted by molar-refractivity contribution is 5.49. The molecule has 0 amide bonds. The average Bonchev–Trinajstić information content (AvgIpc) is 2.53. The summed E-state index contributed by atoms with van der Waals surface area (Å²) < 4.78 is 0. The third kappa shape index (κ3) is 2.65. The van der Waals surface area contributed by atoms with Crippen LogP contribution in [0.25, 0.3) is 0 Å². The molecule has 4 nitrogen and oxygen atoms in total. The number of fused-ring (bicyclic) bond motifs is 1. The van der Waals surface area contributed by atoms with Crippen molar-refractivity contribution < 1.29 is 0 Å². The predicted octanol–water partition coefficient (Wildman–Crippen LogP) is 2.47. The Labute approximate surface area is 119 Å². The van der Waals surface area contributed by atoms with Gasteiger partial charge in [-0.15, -0.1) is 0 Å². The van der Waals surface area contributed by atoms with E-state index in [9.17, 15) is 0 Å². The summed E-state index contributed by atoms with van der Waals surface area (Å²) in [6.45, 7) is 0.544. The summed E-state index contributed by atoms with van der Waals surface area (Å²) >= 11 is 0. The second-order valence-electron chi connectivity index (χ2n) is 5.20. The molecule has 1 aliphatic rings. The SMILES string of the molecule is NCC(Nc1ncnc2c1CCCC2)c1ccccc1. The van der Waals surface area contributed by atoms with Crippen LogP contribution in [0.5, 0.6) is 0 Å². The number of anilines is 1. The molecule has 0 radical (unpaired) electrons. The fraction of sp³-hybridized carbons (Fsp3) is 0.375. The molecule has 1 unspecified atom stereocenters. The number of hydrogen-bond donors (Lipinski definition) is 2. The van der Waals surface area contributed by atoms with Gasteiger partial charge in [0.15, 0.2) is 0 Å². The molecule has 0 bridgehead atoms. The van der Waals surface area contributed by atoms with Gasteiger partial charge in [0.2, 0.25) is 0 Å². The van der Waals surface area contributed by atoms with E-state index in [4.69, 9.17) is 5.73 Å². The van der Waals surface area contributed by atoms with Gasteiger partial charge in [-0.3, -0.25) is 0 Å². The Morgan fingerprint density at radius 3 is 2.70 bits per heavy atom. The second kappa shape index (κ2) is 6.01. The lowest BCUT2D eigenvalue weighted by molar-refractivity contribution is 0.659. The van der Waals surface area contributed by atoms with Crippen molar-refractivity contribution in [2.75, 3.05) is 11.9 Å². The van der Waals surface area contributed by atoms with E-state index < -0.39 is 0 Å². The molecule has 1 aromatic carbocycles. The fourth-order valence-electron chi connectivity index (χ4n) is 2.77. The maximum Gasteiger partial charge on any atom is 0.133 e. The smallest absolute Gasteiger partial charge is 0.133 e. The number of aromatic nitrogens is 2.